The average molecular weight is 94.1 g/mol. The van der Waals surface area contributed by atoms with Crippen LogP contribution >= 0.6 is 0 Å². The molecule has 0 aromatic rings. The van der Waals surface area contributed by atoms with E-state index in [0.29, 0.717) is 0 Å². The molecule has 0 amide bonds. The fourth-order valence-corrected chi connectivity index (χ4v) is 0.483. The molecule has 37 valence electrons. The van der Waals surface area contributed by atoms with Crippen LogP contribution in [0.2, 0.25) is 0 Å². The quantitative estimate of drug-likeness (QED) is 0.431. The topological polar surface area (TPSA) is 14.1 Å². The minimum absolute atomic E-state index is 1.14. The molecule has 0 fully saturated rings. The van der Waals surface area contributed by atoms with Crippen LogP contribution in [0, 0.1) is 0 Å². The summed E-state index contributed by atoms with van der Waals surface area (Å²) in [6.45, 7) is 4.07. The van der Waals surface area contributed by atoms with Gasteiger partial charge in [0.2, 0.25) is 0 Å². The highest BCUT2D eigenvalue weighted by Crippen LogP contribution is 2.07. The molecular weight excluding hydrogens is 86.1 g/mol. The summed E-state index contributed by atoms with van der Waals surface area (Å²) in [5.74, 6) is 0. The maximum atomic E-state index is 4.02. The van der Waals surface area contributed by atoms with E-state index in [1.165, 1.54) is 5.57 Å². The Balaban J connectivity index is 2.79. The third-order valence-electron chi connectivity index (χ3n) is 1.16. The monoisotopic (exact) mass is 94.1 g/mol. The van der Waals surface area contributed by atoms with Crippen molar-refractivity contribution in [1.82, 2.24) is 5.32 Å². The molecule has 1 radical (unpaired) electrons. The van der Waals surface area contributed by atoms with E-state index in [0.717, 1.165) is 5.70 Å². The fourth-order valence-electron chi connectivity index (χ4n) is 0.483. The Bertz CT molecular complexity index is 131. The number of hydrogen-bond acceptors (Lipinski definition) is 0. The molecule has 0 spiro atoms. The van der Waals surface area contributed by atoms with Crippen molar-refractivity contribution in [3.05, 3.63) is 23.5 Å². The normalized spacial score (nSPS) is 18.0. The molecule has 1 rings (SSSR count). The number of allylic oxidation sites excluding steroid dienone is 3. The molecule has 1 heterocycles. The van der Waals surface area contributed by atoms with Crippen molar-refractivity contribution in [1.29, 1.82) is 0 Å². The Morgan fingerprint density at radius 1 is 1.43 bits per heavy atom. The number of rotatable bonds is 0. The number of hydrogen-bond donors (Lipinski definition) is 0. The van der Waals surface area contributed by atoms with Crippen LogP contribution in [-0.4, -0.2) is 0 Å². The Morgan fingerprint density at radius 2 is 2.14 bits per heavy atom. The highest BCUT2D eigenvalue weighted by atomic mass is 14.9. The van der Waals surface area contributed by atoms with Gasteiger partial charge < -0.3 is 0 Å². The van der Waals surface area contributed by atoms with Crippen molar-refractivity contribution in [2.45, 2.75) is 13.8 Å². The maximum absolute atomic E-state index is 4.02. The lowest BCUT2D eigenvalue weighted by molar-refractivity contribution is 1.05. The van der Waals surface area contributed by atoms with Gasteiger partial charge in [-0.2, -0.15) is 0 Å². The maximum Gasteiger partial charge on any atom is 0.0402 e. The average Bonchev–Trinajstić information content (AvgIpc) is 1.91. The first-order valence-corrected chi connectivity index (χ1v) is 2.35. The molecule has 0 aliphatic carbocycles. The summed E-state index contributed by atoms with van der Waals surface area (Å²) in [7, 11) is 0. The number of nitrogens with zero attached hydrogens (tertiary/aromatic N) is 1. The van der Waals surface area contributed by atoms with Gasteiger partial charge in [0.05, 0.1) is 0 Å². The molecule has 0 bridgehead atoms. The van der Waals surface area contributed by atoms with E-state index in [1.54, 1.807) is 0 Å². The molecule has 0 aromatic carbocycles. The molecule has 0 unspecified atom stereocenters. The van der Waals surface area contributed by atoms with E-state index in [9.17, 15) is 0 Å². The third-order valence-corrected chi connectivity index (χ3v) is 1.16. The molecule has 0 N–H and O–H groups in total. The van der Waals surface area contributed by atoms with E-state index < -0.39 is 0 Å². The second-order valence-corrected chi connectivity index (χ2v) is 1.71. The summed E-state index contributed by atoms with van der Waals surface area (Å²) in [4.78, 5) is 0. The van der Waals surface area contributed by atoms with Crippen LogP contribution in [0.3, 0.4) is 0 Å². The molecule has 0 aromatic heterocycles. The van der Waals surface area contributed by atoms with Gasteiger partial charge >= 0.3 is 0 Å². The Morgan fingerprint density at radius 3 is 2.29 bits per heavy atom. The first kappa shape index (κ1) is 4.44. The first-order valence-electron chi connectivity index (χ1n) is 2.35. The van der Waals surface area contributed by atoms with Crippen molar-refractivity contribution in [2.24, 2.45) is 0 Å². The third kappa shape index (κ3) is 0.660. The zero-order chi connectivity index (χ0) is 5.28. The lowest BCUT2D eigenvalue weighted by atomic mass is 10.3. The van der Waals surface area contributed by atoms with Crippen LogP contribution in [0.5, 0.6) is 0 Å². The first-order chi connectivity index (χ1) is 3.30. The molecule has 0 saturated heterocycles. The zero-order valence-corrected chi connectivity index (χ0v) is 4.60. The van der Waals surface area contributed by atoms with Gasteiger partial charge in [0.1, 0.15) is 0 Å². The molecule has 1 aliphatic rings. The summed E-state index contributed by atoms with van der Waals surface area (Å²) in [5.41, 5.74) is 2.42. The van der Waals surface area contributed by atoms with Gasteiger partial charge in [-0.1, -0.05) is 0 Å². The molecular formula is C6H8N. The largest absolute Gasteiger partial charge is 0.261 e. The predicted molar refractivity (Wildman–Crippen MR) is 29.6 cm³/mol. The molecule has 0 atom stereocenters. The Hall–Kier alpha value is -0.720. The zero-order valence-electron chi connectivity index (χ0n) is 4.60. The van der Waals surface area contributed by atoms with Crippen molar-refractivity contribution >= 4 is 0 Å². The van der Waals surface area contributed by atoms with Gasteiger partial charge in [0.15, 0.2) is 0 Å². The minimum Gasteiger partial charge on any atom is -0.261 e. The van der Waals surface area contributed by atoms with Gasteiger partial charge in [0, 0.05) is 11.9 Å². The molecule has 1 heteroatoms. The van der Waals surface area contributed by atoms with Gasteiger partial charge in [-0.3, -0.25) is 5.32 Å². The van der Waals surface area contributed by atoms with Gasteiger partial charge in [-0.15, -0.1) is 0 Å². The van der Waals surface area contributed by atoms with Crippen LogP contribution in [0.1, 0.15) is 13.8 Å². The Labute approximate surface area is 43.7 Å². The molecule has 7 heavy (non-hydrogen) atoms. The standard InChI is InChI=1S/C6H8N/c1-5-3-4-7-6(5)2/h3-4H,1-2H3. The van der Waals surface area contributed by atoms with E-state index in [2.05, 4.69) is 12.2 Å². The highest BCUT2D eigenvalue weighted by Gasteiger charge is 1.96. The summed E-state index contributed by atoms with van der Waals surface area (Å²) >= 11 is 0. The van der Waals surface area contributed by atoms with Gasteiger partial charge in [-0.25, -0.2) is 0 Å². The molecule has 1 aliphatic heterocycles. The van der Waals surface area contributed by atoms with E-state index in [4.69, 9.17) is 0 Å². The predicted octanol–water partition coefficient (Wildman–Crippen LogP) is 1.41. The van der Waals surface area contributed by atoms with Gasteiger partial charge in [-0.05, 0) is 25.5 Å². The van der Waals surface area contributed by atoms with E-state index in [1.807, 2.05) is 19.2 Å². The summed E-state index contributed by atoms with van der Waals surface area (Å²) < 4.78 is 0. The van der Waals surface area contributed by atoms with Crippen molar-refractivity contribution in [3.8, 4) is 0 Å². The lowest BCUT2D eigenvalue weighted by Crippen LogP contribution is -1.84. The van der Waals surface area contributed by atoms with E-state index >= 15 is 0 Å². The van der Waals surface area contributed by atoms with Crippen molar-refractivity contribution < 1.29 is 0 Å². The van der Waals surface area contributed by atoms with Crippen molar-refractivity contribution in [2.75, 3.05) is 0 Å². The summed E-state index contributed by atoms with van der Waals surface area (Å²) in [5, 5.41) is 4.02. The molecule has 0 saturated carbocycles. The summed E-state index contributed by atoms with van der Waals surface area (Å²) in [6, 6.07) is 0. The SMILES string of the molecule is CC1=C(C)[N]C=C1. The van der Waals surface area contributed by atoms with Crippen LogP contribution in [-0.2, 0) is 0 Å². The van der Waals surface area contributed by atoms with E-state index in [-0.39, 0.29) is 0 Å². The summed E-state index contributed by atoms with van der Waals surface area (Å²) in [6.07, 6.45) is 3.83. The fraction of sp³-hybridized carbons (Fsp3) is 0.333. The van der Waals surface area contributed by atoms with Crippen molar-refractivity contribution in [3.63, 3.8) is 0 Å². The minimum atomic E-state index is 1.14. The second kappa shape index (κ2) is 1.41. The lowest BCUT2D eigenvalue weighted by Gasteiger charge is -1.87. The van der Waals surface area contributed by atoms with Crippen LogP contribution in [0.25, 0.3) is 0 Å². The second-order valence-electron chi connectivity index (χ2n) is 1.71. The molecule has 1 nitrogen and oxygen atoms in total. The highest BCUT2D eigenvalue weighted by molar-refractivity contribution is 5.27. The van der Waals surface area contributed by atoms with Crippen LogP contribution < -0.4 is 5.32 Å². The van der Waals surface area contributed by atoms with Crippen LogP contribution in [0.15, 0.2) is 23.5 Å². The Kier molecular flexibility index (Phi) is 0.895. The van der Waals surface area contributed by atoms with Gasteiger partial charge in [0.25, 0.3) is 0 Å². The smallest absolute Gasteiger partial charge is 0.0402 e. The van der Waals surface area contributed by atoms with Crippen LogP contribution in [0.4, 0.5) is 0 Å².